The molecule has 4 aromatic rings. The van der Waals surface area contributed by atoms with Crippen LogP contribution >= 0.6 is 0 Å². The number of carbonyl (C=O) groups is 1. The number of fused-ring (bicyclic) bond motifs is 1. The summed E-state index contributed by atoms with van der Waals surface area (Å²) in [5.41, 5.74) is 1.04. The zero-order valence-electron chi connectivity index (χ0n) is 17.4. The van der Waals surface area contributed by atoms with Crippen LogP contribution in [0.2, 0.25) is 0 Å². The van der Waals surface area contributed by atoms with Crippen LogP contribution in [0.25, 0.3) is 22.1 Å². The Morgan fingerprint density at radius 2 is 1.82 bits per heavy atom. The van der Waals surface area contributed by atoms with Gasteiger partial charge < -0.3 is 19.2 Å². The first-order valence-electron chi connectivity index (χ1n) is 9.82. The monoisotopic (exact) mass is 446 g/mol. The first kappa shape index (κ1) is 21.6. The van der Waals surface area contributed by atoms with Crippen LogP contribution in [0.3, 0.4) is 0 Å². The Balaban J connectivity index is 1.48. The van der Waals surface area contributed by atoms with E-state index in [4.69, 9.17) is 13.9 Å². The van der Waals surface area contributed by atoms with Crippen molar-refractivity contribution in [2.24, 2.45) is 0 Å². The van der Waals surface area contributed by atoms with Crippen LogP contribution in [-0.4, -0.2) is 24.5 Å². The molecule has 0 saturated carbocycles. The minimum Gasteiger partial charge on any atom is -0.496 e. The number of anilines is 1. The Morgan fingerprint density at radius 1 is 1.06 bits per heavy atom. The van der Waals surface area contributed by atoms with E-state index >= 15 is 0 Å². The van der Waals surface area contributed by atoms with Crippen molar-refractivity contribution in [3.05, 3.63) is 93.3 Å². The third-order valence-corrected chi connectivity index (χ3v) is 4.88. The van der Waals surface area contributed by atoms with Gasteiger partial charge in [0.05, 0.1) is 29.0 Å². The highest BCUT2D eigenvalue weighted by Gasteiger charge is 2.18. The lowest BCUT2D eigenvalue weighted by molar-refractivity contribution is -0.384. The maximum Gasteiger partial charge on any atom is 0.296 e. The second-order valence-electron chi connectivity index (χ2n) is 6.98. The smallest absolute Gasteiger partial charge is 0.296 e. The fraction of sp³-hybridized carbons (Fsp3) is 0.0833. The van der Waals surface area contributed by atoms with Crippen molar-refractivity contribution in [3.8, 4) is 22.6 Å². The molecule has 3 aromatic carbocycles. The van der Waals surface area contributed by atoms with Crippen LogP contribution in [0.1, 0.15) is 0 Å². The lowest BCUT2D eigenvalue weighted by Gasteiger charge is -2.09. The number of methoxy groups -OCH3 is 1. The highest BCUT2D eigenvalue weighted by Crippen LogP contribution is 2.29. The topological polar surface area (TPSA) is 121 Å². The molecule has 1 N–H and O–H groups in total. The molecule has 1 heterocycles. The van der Waals surface area contributed by atoms with E-state index in [9.17, 15) is 19.7 Å². The van der Waals surface area contributed by atoms with Gasteiger partial charge in [-0.05, 0) is 29.8 Å². The van der Waals surface area contributed by atoms with Crippen LogP contribution in [0.15, 0.2) is 82.2 Å². The van der Waals surface area contributed by atoms with Crippen LogP contribution in [0.4, 0.5) is 11.4 Å². The molecule has 0 atom stereocenters. The van der Waals surface area contributed by atoms with Crippen LogP contribution < -0.4 is 20.2 Å². The van der Waals surface area contributed by atoms with Crippen molar-refractivity contribution in [1.29, 1.82) is 0 Å². The van der Waals surface area contributed by atoms with Crippen molar-refractivity contribution in [3.63, 3.8) is 0 Å². The van der Waals surface area contributed by atoms with Crippen molar-refractivity contribution in [1.82, 2.24) is 0 Å². The van der Waals surface area contributed by atoms with Crippen molar-refractivity contribution < 1.29 is 23.6 Å². The van der Waals surface area contributed by atoms with E-state index in [1.54, 1.807) is 12.1 Å². The van der Waals surface area contributed by atoms with E-state index < -0.39 is 17.4 Å². The summed E-state index contributed by atoms with van der Waals surface area (Å²) in [7, 11) is 1.39. The number of nitrogens with one attached hydrogen (secondary N) is 1. The molecule has 9 nitrogen and oxygen atoms in total. The number of benzene rings is 3. The summed E-state index contributed by atoms with van der Waals surface area (Å²) in [6, 6.07) is 17.9. The molecule has 9 heteroatoms. The molecule has 0 fully saturated rings. The molecule has 166 valence electrons. The summed E-state index contributed by atoms with van der Waals surface area (Å²) in [5, 5.41) is 14.1. The van der Waals surface area contributed by atoms with Gasteiger partial charge in [0.15, 0.2) is 12.0 Å². The summed E-state index contributed by atoms with van der Waals surface area (Å²) < 4.78 is 16.1. The number of hydrogen-bond donors (Lipinski definition) is 1. The Bertz CT molecular complexity index is 1400. The molecule has 0 bridgehead atoms. The Morgan fingerprint density at radius 3 is 2.55 bits per heavy atom. The number of carbonyl (C=O) groups excluding carboxylic acids is 1. The summed E-state index contributed by atoms with van der Waals surface area (Å²) in [6.07, 6.45) is 1.39. The zero-order valence-corrected chi connectivity index (χ0v) is 17.4. The predicted octanol–water partition coefficient (Wildman–Crippen LogP) is 4.39. The fourth-order valence-electron chi connectivity index (χ4n) is 3.25. The molecule has 0 aliphatic rings. The van der Waals surface area contributed by atoms with Gasteiger partial charge in [-0.25, -0.2) is 0 Å². The summed E-state index contributed by atoms with van der Waals surface area (Å²) in [6.45, 7) is -0.402. The normalized spacial score (nSPS) is 10.6. The molecule has 4 rings (SSSR count). The van der Waals surface area contributed by atoms with Crippen molar-refractivity contribution >= 4 is 28.3 Å². The van der Waals surface area contributed by atoms with E-state index in [2.05, 4.69) is 5.32 Å². The summed E-state index contributed by atoms with van der Waals surface area (Å²) >= 11 is 0. The molecule has 33 heavy (non-hydrogen) atoms. The highest BCUT2D eigenvalue weighted by molar-refractivity contribution is 5.94. The maximum atomic E-state index is 12.8. The lowest BCUT2D eigenvalue weighted by atomic mass is 10.1. The lowest BCUT2D eigenvalue weighted by Crippen LogP contribution is -2.20. The molecule has 0 spiro atoms. The zero-order chi connectivity index (χ0) is 23.4. The van der Waals surface area contributed by atoms with E-state index in [1.165, 1.54) is 37.6 Å². The average Bonchev–Trinajstić information content (AvgIpc) is 2.83. The summed E-state index contributed by atoms with van der Waals surface area (Å²) in [5.74, 6) is 0.00533. The number of amides is 1. The minimum atomic E-state index is -0.617. The van der Waals surface area contributed by atoms with E-state index in [1.807, 2.05) is 30.3 Å². The number of nitro benzene ring substituents is 1. The van der Waals surface area contributed by atoms with Gasteiger partial charge in [0.2, 0.25) is 0 Å². The van der Waals surface area contributed by atoms with Crippen molar-refractivity contribution in [2.75, 3.05) is 19.0 Å². The molecule has 0 radical (unpaired) electrons. The van der Waals surface area contributed by atoms with Gasteiger partial charge in [-0.15, -0.1) is 0 Å². The van der Waals surface area contributed by atoms with Gasteiger partial charge in [0.25, 0.3) is 11.6 Å². The Hall–Kier alpha value is -4.66. The fourth-order valence-corrected chi connectivity index (χ4v) is 3.25. The van der Waals surface area contributed by atoms with Gasteiger partial charge in [0, 0.05) is 6.07 Å². The van der Waals surface area contributed by atoms with Crippen LogP contribution in [-0.2, 0) is 4.79 Å². The molecular weight excluding hydrogens is 428 g/mol. The molecule has 0 aliphatic heterocycles. The molecule has 0 saturated heterocycles. The Labute approximate surface area is 187 Å². The van der Waals surface area contributed by atoms with Gasteiger partial charge in [-0.3, -0.25) is 19.7 Å². The maximum absolute atomic E-state index is 12.8. The number of rotatable bonds is 7. The van der Waals surface area contributed by atoms with Gasteiger partial charge in [-0.2, -0.15) is 0 Å². The third kappa shape index (κ3) is 4.67. The molecule has 0 aliphatic carbocycles. The van der Waals surface area contributed by atoms with Gasteiger partial charge >= 0.3 is 0 Å². The Kier molecular flexibility index (Phi) is 6.03. The first-order chi connectivity index (χ1) is 16.0. The predicted molar refractivity (Wildman–Crippen MR) is 122 cm³/mol. The second kappa shape index (κ2) is 9.23. The molecule has 1 amide bonds. The number of nitrogens with zero attached hydrogens (tertiary/aromatic N) is 1. The van der Waals surface area contributed by atoms with E-state index in [-0.39, 0.29) is 16.8 Å². The quantitative estimate of drug-likeness (QED) is 0.330. The van der Waals surface area contributed by atoms with Crippen LogP contribution in [0, 0.1) is 10.1 Å². The largest absolute Gasteiger partial charge is 0.496 e. The van der Waals surface area contributed by atoms with Gasteiger partial charge in [0.1, 0.15) is 29.0 Å². The standard InChI is InChI=1S/C24H18N2O7/c1-31-16-8-10-20(21(11-16)26(29)30)25-23(27)14-32-17-7-9-18-22(12-17)33-13-19(24(18)28)15-5-3-2-4-6-15/h2-13H,14H2,1H3,(H,25,27). The van der Waals surface area contributed by atoms with Gasteiger partial charge in [-0.1, -0.05) is 30.3 Å². The third-order valence-electron chi connectivity index (χ3n) is 4.88. The van der Waals surface area contributed by atoms with E-state index in [0.717, 1.165) is 5.56 Å². The number of ether oxygens (including phenoxy) is 2. The summed E-state index contributed by atoms with van der Waals surface area (Å²) in [4.78, 5) is 35.7. The van der Waals surface area contributed by atoms with Crippen LogP contribution in [0.5, 0.6) is 11.5 Å². The van der Waals surface area contributed by atoms with Crippen molar-refractivity contribution in [2.45, 2.75) is 0 Å². The minimum absolute atomic E-state index is 0.0207. The molecular formula is C24H18N2O7. The first-order valence-corrected chi connectivity index (χ1v) is 9.82. The average molecular weight is 446 g/mol. The highest BCUT2D eigenvalue weighted by atomic mass is 16.6. The second-order valence-corrected chi connectivity index (χ2v) is 6.98. The molecule has 1 aromatic heterocycles. The number of nitro groups is 1. The SMILES string of the molecule is COc1ccc(NC(=O)COc2ccc3c(=O)c(-c4ccccc4)coc3c2)c([N+](=O)[O-])c1. The van der Waals surface area contributed by atoms with E-state index in [0.29, 0.717) is 28.0 Å². The molecule has 0 unspecified atom stereocenters. The number of hydrogen-bond acceptors (Lipinski definition) is 7.